The van der Waals surface area contributed by atoms with Gasteiger partial charge in [0.25, 0.3) is 0 Å². The topological polar surface area (TPSA) is 92.8 Å². The van der Waals surface area contributed by atoms with Gasteiger partial charge in [-0.3, -0.25) is 4.90 Å². The van der Waals surface area contributed by atoms with Gasteiger partial charge in [-0.15, -0.1) is 0 Å². The van der Waals surface area contributed by atoms with Crippen molar-refractivity contribution in [3.8, 4) is 0 Å². The van der Waals surface area contributed by atoms with Crippen molar-refractivity contribution in [3.63, 3.8) is 0 Å². The first-order chi connectivity index (χ1) is 12.6. The highest BCUT2D eigenvalue weighted by molar-refractivity contribution is 7.91. The highest BCUT2D eigenvalue weighted by Gasteiger charge is 2.43. The highest BCUT2D eigenvalue weighted by atomic mass is 32.2. The maximum absolute atomic E-state index is 14.3. The van der Waals surface area contributed by atoms with Crippen LogP contribution in [0.1, 0.15) is 24.9 Å². The first-order valence-electron chi connectivity index (χ1n) is 8.19. The van der Waals surface area contributed by atoms with Gasteiger partial charge in [0.15, 0.2) is 9.84 Å². The maximum atomic E-state index is 14.3. The SMILES string of the molecule is COC(=O)C1=C(C)N([C@@H]2CCS(=O)(=O)C2)C(=O)N[C@@H]1c1ccc(F)cc1F. The zero-order valence-corrected chi connectivity index (χ0v) is 15.5. The summed E-state index contributed by atoms with van der Waals surface area (Å²) in [6, 6.07) is 0.345. The van der Waals surface area contributed by atoms with Crippen LogP contribution in [0.2, 0.25) is 0 Å². The Hall–Kier alpha value is -2.49. The van der Waals surface area contributed by atoms with Gasteiger partial charge in [-0.2, -0.15) is 0 Å². The first kappa shape index (κ1) is 19.3. The summed E-state index contributed by atoms with van der Waals surface area (Å²) in [4.78, 5) is 26.2. The molecule has 2 atom stereocenters. The van der Waals surface area contributed by atoms with Crippen LogP contribution in [0.3, 0.4) is 0 Å². The van der Waals surface area contributed by atoms with E-state index in [-0.39, 0.29) is 34.8 Å². The molecule has 0 aromatic heterocycles. The van der Waals surface area contributed by atoms with Gasteiger partial charge < -0.3 is 10.1 Å². The quantitative estimate of drug-likeness (QED) is 0.779. The van der Waals surface area contributed by atoms with E-state index in [0.717, 1.165) is 19.2 Å². The summed E-state index contributed by atoms with van der Waals surface area (Å²) in [5, 5.41) is 2.51. The Morgan fingerprint density at radius 1 is 1.33 bits per heavy atom. The summed E-state index contributed by atoms with van der Waals surface area (Å²) >= 11 is 0. The van der Waals surface area contributed by atoms with E-state index in [9.17, 15) is 26.8 Å². The third kappa shape index (κ3) is 3.53. The smallest absolute Gasteiger partial charge is 0.337 e. The summed E-state index contributed by atoms with van der Waals surface area (Å²) in [6.45, 7) is 1.48. The van der Waals surface area contributed by atoms with E-state index in [2.05, 4.69) is 5.32 Å². The number of methoxy groups -OCH3 is 1. The molecule has 2 aliphatic rings. The minimum Gasteiger partial charge on any atom is -0.466 e. The molecule has 1 saturated heterocycles. The maximum Gasteiger partial charge on any atom is 0.337 e. The standard InChI is InChI=1S/C17H18F2N2O5S/c1-9-14(16(22)26-2)15(12-4-3-10(18)7-13(12)19)20-17(23)21(9)11-5-6-27(24,25)8-11/h3-4,7,11,15H,5-6,8H2,1-2H3,(H,20,23)/t11-,15-/m1/s1. The van der Waals surface area contributed by atoms with E-state index in [4.69, 9.17) is 4.74 Å². The molecule has 0 bridgehead atoms. The molecule has 0 aliphatic carbocycles. The van der Waals surface area contributed by atoms with Crippen molar-refractivity contribution in [2.24, 2.45) is 0 Å². The predicted octanol–water partition coefficient (Wildman–Crippen LogP) is 1.67. The normalized spacial score (nSPS) is 24.7. The first-order valence-corrected chi connectivity index (χ1v) is 10.0. The van der Waals surface area contributed by atoms with Gasteiger partial charge in [-0.25, -0.2) is 26.8 Å². The number of nitrogens with zero attached hydrogens (tertiary/aromatic N) is 1. The zero-order valence-electron chi connectivity index (χ0n) is 14.7. The van der Waals surface area contributed by atoms with Gasteiger partial charge in [0.2, 0.25) is 0 Å². The molecule has 2 heterocycles. The molecule has 0 saturated carbocycles. The van der Waals surface area contributed by atoms with E-state index in [0.29, 0.717) is 6.07 Å². The van der Waals surface area contributed by atoms with Crippen LogP contribution in [-0.4, -0.2) is 50.0 Å². The van der Waals surface area contributed by atoms with Crippen LogP contribution in [0, 0.1) is 11.6 Å². The summed E-state index contributed by atoms with van der Waals surface area (Å²) in [5.41, 5.74) is 0.0523. The number of ether oxygens (including phenoxy) is 1. The van der Waals surface area contributed by atoms with Gasteiger partial charge >= 0.3 is 12.0 Å². The Morgan fingerprint density at radius 3 is 2.59 bits per heavy atom. The molecule has 1 fully saturated rings. The molecule has 1 aromatic rings. The number of urea groups is 1. The Bertz CT molecular complexity index is 945. The monoisotopic (exact) mass is 400 g/mol. The van der Waals surface area contributed by atoms with Crippen LogP contribution >= 0.6 is 0 Å². The van der Waals surface area contributed by atoms with Gasteiger partial charge in [-0.05, 0) is 19.4 Å². The second kappa shape index (κ2) is 6.91. The zero-order chi connectivity index (χ0) is 19.9. The van der Waals surface area contributed by atoms with Crippen LogP contribution < -0.4 is 5.32 Å². The molecule has 10 heteroatoms. The average molecular weight is 400 g/mol. The Balaban J connectivity index is 2.09. The number of sulfone groups is 1. The predicted molar refractivity (Wildman–Crippen MR) is 91.2 cm³/mol. The molecule has 27 heavy (non-hydrogen) atoms. The summed E-state index contributed by atoms with van der Waals surface area (Å²) < 4.78 is 55.8. The Kier molecular flexibility index (Phi) is 4.94. The van der Waals surface area contributed by atoms with E-state index >= 15 is 0 Å². The second-order valence-corrected chi connectivity index (χ2v) is 8.69. The molecular weight excluding hydrogens is 382 g/mol. The van der Waals surface area contributed by atoms with Crippen molar-refractivity contribution in [2.75, 3.05) is 18.6 Å². The molecule has 0 spiro atoms. The molecule has 1 aromatic carbocycles. The number of carbonyl (C=O) groups is 2. The minimum absolute atomic E-state index is 0.0353. The second-order valence-electron chi connectivity index (χ2n) is 6.47. The van der Waals surface area contributed by atoms with Crippen molar-refractivity contribution in [1.29, 1.82) is 0 Å². The van der Waals surface area contributed by atoms with Crippen molar-refractivity contribution in [1.82, 2.24) is 10.2 Å². The average Bonchev–Trinajstić information content (AvgIpc) is 2.93. The number of hydrogen-bond donors (Lipinski definition) is 1. The minimum atomic E-state index is -3.27. The summed E-state index contributed by atoms with van der Waals surface area (Å²) in [5.74, 6) is -2.80. The number of allylic oxidation sites excluding steroid dienone is 1. The summed E-state index contributed by atoms with van der Waals surface area (Å²) in [6.07, 6.45) is 0.233. The lowest BCUT2D eigenvalue weighted by Crippen LogP contribution is -2.52. The number of benzene rings is 1. The number of nitrogens with one attached hydrogen (secondary N) is 1. The molecule has 7 nitrogen and oxygen atoms in total. The third-order valence-corrected chi connectivity index (χ3v) is 6.53. The van der Waals surface area contributed by atoms with E-state index < -0.39 is 45.6 Å². The van der Waals surface area contributed by atoms with Crippen molar-refractivity contribution < 1.29 is 31.5 Å². The van der Waals surface area contributed by atoms with Crippen LogP contribution in [0.4, 0.5) is 13.6 Å². The lowest BCUT2D eigenvalue weighted by Gasteiger charge is -2.38. The molecule has 0 radical (unpaired) electrons. The van der Waals surface area contributed by atoms with Crippen LogP contribution in [0.5, 0.6) is 0 Å². The van der Waals surface area contributed by atoms with E-state index in [1.807, 2.05) is 0 Å². The lowest BCUT2D eigenvalue weighted by molar-refractivity contribution is -0.136. The molecule has 2 amide bonds. The van der Waals surface area contributed by atoms with Crippen LogP contribution in [0.25, 0.3) is 0 Å². The third-order valence-electron chi connectivity index (χ3n) is 4.78. The number of rotatable bonds is 3. The molecule has 1 N–H and O–H groups in total. The van der Waals surface area contributed by atoms with Gasteiger partial charge in [0.05, 0.1) is 36.3 Å². The van der Waals surface area contributed by atoms with Crippen LogP contribution in [0.15, 0.2) is 29.5 Å². The van der Waals surface area contributed by atoms with Gasteiger partial charge in [-0.1, -0.05) is 6.07 Å². The lowest BCUT2D eigenvalue weighted by atomic mass is 9.93. The Morgan fingerprint density at radius 2 is 2.04 bits per heavy atom. The van der Waals surface area contributed by atoms with E-state index in [1.54, 1.807) is 0 Å². The number of hydrogen-bond acceptors (Lipinski definition) is 5. The highest BCUT2D eigenvalue weighted by Crippen LogP contribution is 2.35. The molecular formula is C17H18F2N2O5S. The number of halogens is 2. The van der Waals surface area contributed by atoms with Gasteiger partial charge in [0.1, 0.15) is 11.6 Å². The molecule has 2 aliphatic heterocycles. The molecule has 146 valence electrons. The number of esters is 1. The van der Waals surface area contributed by atoms with Crippen LogP contribution in [-0.2, 0) is 19.4 Å². The Labute approximate surface area is 154 Å². The fourth-order valence-electron chi connectivity index (χ4n) is 3.52. The fraction of sp³-hybridized carbons (Fsp3) is 0.412. The van der Waals surface area contributed by atoms with Crippen molar-refractivity contribution in [3.05, 3.63) is 46.7 Å². The largest absolute Gasteiger partial charge is 0.466 e. The van der Waals surface area contributed by atoms with Crippen molar-refractivity contribution >= 4 is 21.8 Å². The fourth-order valence-corrected chi connectivity index (χ4v) is 5.22. The molecule has 0 unspecified atom stereocenters. The molecule has 3 rings (SSSR count). The van der Waals surface area contributed by atoms with E-state index in [1.165, 1.54) is 11.8 Å². The van der Waals surface area contributed by atoms with Crippen molar-refractivity contribution in [2.45, 2.75) is 25.4 Å². The van der Waals surface area contributed by atoms with Gasteiger partial charge in [0, 0.05) is 17.3 Å². The summed E-state index contributed by atoms with van der Waals surface area (Å²) in [7, 11) is -2.13. The number of carbonyl (C=O) groups excluding carboxylic acids is 2. The number of amides is 2.